The van der Waals surface area contributed by atoms with Crippen LogP contribution in [-0.2, 0) is 9.59 Å². The van der Waals surface area contributed by atoms with Crippen LogP contribution in [0.1, 0.15) is 28.5 Å². The Bertz CT molecular complexity index is 1430. The zero-order valence-corrected chi connectivity index (χ0v) is 19.0. The number of furan rings is 1. The van der Waals surface area contributed by atoms with Crippen LogP contribution in [0.4, 0.5) is 5.13 Å². The standard InChI is InChI=1S/C25H20N2O5S/c1-13-6-8-16-19(11-13)33-25(26-16)27-21(18-5-4-10-32-18)20(23(29)24(27)30)22(28)15-7-9-17(31-3)14(2)12-15/h4-12,21,28H,1-3H3/t21-/m0/s1. The van der Waals surface area contributed by atoms with E-state index in [-0.39, 0.29) is 11.3 Å². The molecule has 0 radical (unpaired) electrons. The van der Waals surface area contributed by atoms with Gasteiger partial charge in [-0.3, -0.25) is 14.5 Å². The number of carbonyl (C=O) groups excluding carboxylic acids is 2. The smallest absolute Gasteiger partial charge is 0.302 e. The summed E-state index contributed by atoms with van der Waals surface area (Å²) in [6, 6.07) is 13.3. The highest BCUT2D eigenvalue weighted by molar-refractivity contribution is 7.22. The van der Waals surface area contributed by atoms with E-state index in [0.29, 0.717) is 22.2 Å². The van der Waals surface area contributed by atoms with E-state index in [2.05, 4.69) is 4.98 Å². The molecular weight excluding hydrogens is 440 g/mol. The molecule has 8 heteroatoms. The highest BCUT2D eigenvalue weighted by Gasteiger charge is 2.49. The minimum Gasteiger partial charge on any atom is -0.507 e. The van der Waals surface area contributed by atoms with Crippen LogP contribution in [0.25, 0.3) is 16.0 Å². The SMILES string of the molecule is COc1ccc(C(O)=C2C(=O)C(=O)N(c3nc4ccc(C)cc4s3)[C@H]2c2ccco2)cc1C. The van der Waals surface area contributed by atoms with Crippen LogP contribution in [0.3, 0.4) is 0 Å². The van der Waals surface area contributed by atoms with E-state index in [9.17, 15) is 14.7 Å². The molecule has 1 saturated heterocycles. The number of fused-ring (bicyclic) bond motifs is 1. The molecule has 5 rings (SSSR count). The molecule has 3 heterocycles. The van der Waals surface area contributed by atoms with Crippen molar-refractivity contribution in [3.63, 3.8) is 0 Å². The lowest BCUT2D eigenvalue weighted by Crippen LogP contribution is -2.29. The molecular formula is C25H20N2O5S. The quantitative estimate of drug-likeness (QED) is 0.257. The number of hydrogen-bond donors (Lipinski definition) is 1. The predicted octanol–water partition coefficient (Wildman–Crippen LogP) is 5.14. The lowest BCUT2D eigenvalue weighted by atomic mass is 9.98. The molecule has 1 N–H and O–H groups in total. The predicted molar refractivity (Wildman–Crippen MR) is 126 cm³/mol. The average Bonchev–Trinajstić information content (AvgIpc) is 3.52. The number of ketones is 1. The first-order chi connectivity index (χ1) is 15.9. The van der Waals surface area contributed by atoms with Crippen LogP contribution in [-0.4, -0.2) is 28.9 Å². The van der Waals surface area contributed by atoms with Crippen molar-refractivity contribution in [3.05, 3.63) is 82.8 Å². The highest BCUT2D eigenvalue weighted by atomic mass is 32.1. The van der Waals surface area contributed by atoms with Gasteiger partial charge in [0.05, 0.1) is 29.2 Å². The monoisotopic (exact) mass is 460 g/mol. The number of Topliss-reactive ketones (excluding diaryl/α,β-unsaturated/α-hetero) is 1. The van der Waals surface area contributed by atoms with E-state index in [1.165, 1.54) is 22.5 Å². The molecule has 0 unspecified atom stereocenters. The normalized spacial score (nSPS) is 17.8. The molecule has 0 saturated carbocycles. The highest BCUT2D eigenvalue weighted by Crippen LogP contribution is 2.44. The van der Waals surface area contributed by atoms with Gasteiger partial charge in [0, 0.05) is 5.56 Å². The molecule has 1 aliphatic heterocycles. The second-order valence-electron chi connectivity index (χ2n) is 7.84. The molecule has 2 aromatic carbocycles. The van der Waals surface area contributed by atoms with E-state index in [1.54, 1.807) is 37.4 Å². The van der Waals surface area contributed by atoms with Gasteiger partial charge in [0.15, 0.2) is 5.13 Å². The van der Waals surface area contributed by atoms with Crippen molar-refractivity contribution in [1.82, 2.24) is 4.98 Å². The van der Waals surface area contributed by atoms with Gasteiger partial charge in [-0.1, -0.05) is 17.4 Å². The Morgan fingerprint density at radius 2 is 1.97 bits per heavy atom. The molecule has 0 aliphatic carbocycles. The van der Waals surface area contributed by atoms with Gasteiger partial charge in [0.1, 0.15) is 23.3 Å². The number of hydrogen-bond acceptors (Lipinski definition) is 7. The van der Waals surface area contributed by atoms with Gasteiger partial charge in [0.25, 0.3) is 5.78 Å². The molecule has 1 fully saturated rings. The zero-order valence-electron chi connectivity index (χ0n) is 18.2. The van der Waals surface area contributed by atoms with Crippen molar-refractivity contribution >= 4 is 44.1 Å². The Labute approximate surface area is 193 Å². The Morgan fingerprint density at radius 1 is 1.15 bits per heavy atom. The molecule has 1 amide bonds. The average molecular weight is 461 g/mol. The van der Waals surface area contributed by atoms with Crippen LogP contribution in [0.15, 0.2) is 64.8 Å². The van der Waals surface area contributed by atoms with Crippen molar-refractivity contribution in [2.45, 2.75) is 19.9 Å². The third-order valence-electron chi connectivity index (χ3n) is 5.66. The van der Waals surface area contributed by atoms with E-state index in [0.717, 1.165) is 21.3 Å². The van der Waals surface area contributed by atoms with Crippen molar-refractivity contribution in [2.24, 2.45) is 0 Å². The maximum atomic E-state index is 13.2. The number of methoxy groups -OCH3 is 1. The van der Waals surface area contributed by atoms with E-state index < -0.39 is 17.7 Å². The minimum absolute atomic E-state index is 0.0463. The summed E-state index contributed by atoms with van der Waals surface area (Å²) in [4.78, 5) is 32.3. The van der Waals surface area contributed by atoms with Gasteiger partial charge in [-0.05, 0) is 67.4 Å². The topological polar surface area (TPSA) is 92.9 Å². The van der Waals surface area contributed by atoms with E-state index >= 15 is 0 Å². The van der Waals surface area contributed by atoms with E-state index in [1.807, 2.05) is 32.0 Å². The second kappa shape index (κ2) is 7.90. The molecule has 2 aromatic heterocycles. The van der Waals surface area contributed by atoms with Crippen LogP contribution >= 0.6 is 11.3 Å². The number of thiazole rings is 1. The molecule has 0 spiro atoms. The number of anilines is 1. The molecule has 4 aromatic rings. The lowest BCUT2D eigenvalue weighted by Gasteiger charge is -2.20. The summed E-state index contributed by atoms with van der Waals surface area (Å²) in [5.74, 6) is -0.826. The van der Waals surface area contributed by atoms with Gasteiger partial charge in [-0.15, -0.1) is 0 Å². The van der Waals surface area contributed by atoms with Crippen LogP contribution in [0, 0.1) is 13.8 Å². The van der Waals surface area contributed by atoms with Crippen LogP contribution in [0.2, 0.25) is 0 Å². The fourth-order valence-corrected chi connectivity index (χ4v) is 5.14. The van der Waals surface area contributed by atoms with Crippen molar-refractivity contribution < 1.29 is 23.8 Å². The van der Waals surface area contributed by atoms with Crippen molar-refractivity contribution in [1.29, 1.82) is 0 Å². The molecule has 7 nitrogen and oxygen atoms in total. The van der Waals surface area contributed by atoms with Gasteiger partial charge in [-0.25, -0.2) is 4.98 Å². The summed E-state index contributed by atoms with van der Waals surface area (Å²) in [5.41, 5.74) is 2.94. The number of aryl methyl sites for hydroxylation is 2. The second-order valence-corrected chi connectivity index (χ2v) is 8.85. The summed E-state index contributed by atoms with van der Waals surface area (Å²) in [7, 11) is 1.56. The van der Waals surface area contributed by atoms with Crippen molar-refractivity contribution in [3.8, 4) is 5.75 Å². The summed E-state index contributed by atoms with van der Waals surface area (Å²) < 4.78 is 11.8. The van der Waals surface area contributed by atoms with Gasteiger partial charge >= 0.3 is 5.91 Å². The number of aliphatic hydroxyl groups is 1. The first-order valence-electron chi connectivity index (χ1n) is 10.3. The van der Waals surface area contributed by atoms with Crippen LogP contribution in [0.5, 0.6) is 5.75 Å². The van der Waals surface area contributed by atoms with Crippen molar-refractivity contribution in [2.75, 3.05) is 12.0 Å². The first-order valence-corrected chi connectivity index (χ1v) is 11.1. The maximum absolute atomic E-state index is 13.2. The third-order valence-corrected chi connectivity index (χ3v) is 6.68. The van der Waals surface area contributed by atoms with Gasteiger partial charge in [-0.2, -0.15) is 0 Å². The van der Waals surface area contributed by atoms with Gasteiger partial charge < -0.3 is 14.3 Å². The number of nitrogens with zero attached hydrogens (tertiary/aromatic N) is 2. The first kappa shape index (κ1) is 21.0. The molecule has 166 valence electrons. The summed E-state index contributed by atoms with van der Waals surface area (Å²) in [5, 5.41) is 11.6. The molecule has 1 aliphatic rings. The summed E-state index contributed by atoms with van der Waals surface area (Å²) in [6.45, 7) is 3.81. The fraction of sp³-hybridized carbons (Fsp3) is 0.160. The Kier molecular flexibility index (Phi) is 5.02. The van der Waals surface area contributed by atoms with Gasteiger partial charge in [0.2, 0.25) is 0 Å². The fourth-order valence-electron chi connectivity index (χ4n) is 4.05. The number of aliphatic hydroxyl groups excluding tert-OH is 1. The Hall–Kier alpha value is -3.91. The van der Waals surface area contributed by atoms with E-state index in [4.69, 9.17) is 9.15 Å². The lowest BCUT2D eigenvalue weighted by molar-refractivity contribution is -0.132. The maximum Gasteiger partial charge on any atom is 0.302 e. The molecule has 1 atom stereocenters. The number of benzene rings is 2. The van der Waals surface area contributed by atoms with Crippen LogP contribution < -0.4 is 9.64 Å². The zero-order chi connectivity index (χ0) is 23.3. The summed E-state index contributed by atoms with van der Waals surface area (Å²) in [6.07, 6.45) is 1.47. The summed E-state index contributed by atoms with van der Waals surface area (Å²) >= 11 is 1.31. The molecule has 33 heavy (non-hydrogen) atoms. The Balaban J connectivity index is 1.70. The number of aromatic nitrogens is 1. The third kappa shape index (κ3) is 3.39. The number of rotatable bonds is 4. The number of amides is 1. The molecule has 0 bridgehead atoms. The number of carbonyl (C=O) groups is 2. The number of ether oxygens (including phenoxy) is 1. The minimum atomic E-state index is -0.941. The largest absolute Gasteiger partial charge is 0.507 e. The Morgan fingerprint density at radius 3 is 2.67 bits per heavy atom.